The number of anilines is 2. The Hall–Kier alpha value is -2.75. The van der Waals surface area contributed by atoms with Crippen molar-refractivity contribution in [2.24, 2.45) is 0 Å². The lowest BCUT2D eigenvalue weighted by atomic mass is 10.1. The number of esters is 1. The van der Waals surface area contributed by atoms with Crippen molar-refractivity contribution >= 4 is 17.3 Å². The molecule has 0 saturated heterocycles. The second-order valence-corrected chi connectivity index (χ2v) is 5.00. The van der Waals surface area contributed by atoms with Crippen LogP contribution in [-0.2, 0) is 4.79 Å². The Morgan fingerprint density at radius 1 is 1.09 bits per heavy atom. The van der Waals surface area contributed by atoms with E-state index in [1.54, 1.807) is 20.1 Å². The van der Waals surface area contributed by atoms with Crippen LogP contribution in [0.2, 0.25) is 0 Å². The minimum Gasteiger partial charge on any atom is -0.497 e. The van der Waals surface area contributed by atoms with E-state index in [9.17, 15) is 4.79 Å². The van der Waals surface area contributed by atoms with E-state index in [4.69, 9.17) is 9.47 Å². The number of hydrogen-bond acceptors (Lipinski definition) is 4. The van der Waals surface area contributed by atoms with Gasteiger partial charge in [-0.15, -0.1) is 0 Å². The molecule has 0 bridgehead atoms. The van der Waals surface area contributed by atoms with Crippen LogP contribution in [0.15, 0.2) is 54.6 Å². The number of aryl methyl sites for hydroxylation is 1. The molecule has 0 aromatic heterocycles. The third-order valence-electron chi connectivity index (χ3n) is 3.13. The molecular formula is C18H19NO3. The normalized spacial score (nSPS) is 9.95. The lowest BCUT2D eigenvalue weighted by Gasteiger charge is -2.12. The summed E-state index contributed by atoms with van der Waals surface area (Å²) in [5.41, 5.74) is 3.25. The zero-order chi connectivity index (χ0) is 16.1. The van der Waals surface area contributed by atoms with Gasteiger partial charge in [0.2, 0.25) is 0 Å². The van der Waals surface area contributed by atoms with Gasteiger partial charge in [-0.25, -0.2) is 4.79 Å². The number of benzene rings is 2. The summed E-state index contributed by atoms with van der Waals surface area (Å²) in [5.74, 6) is 0.894. The van der Waals surface area contributed by atoms with E-state index < -0.39 is 5.97 Å². The lowest BCUT2D eigenvalue weighted by Crippen LogP contribution is -2.08. The summed E-state index contributed by atoms with van der Waals surface area (Å²) in [4.78, 5) is 11.5. The van der Waals surface area contributed by atoms with Gasteiger partial charge in [0, 0.05) is 16.9 Å². The van der Waals surface area contributed by atoms with Gasteiger partial charge in [0.25, 0.3) is 0 Å². The van der Waals surface area contributed by atoms with Gasteiger partial charge in [0.1, 0.15) is 11.5 Å². The molecule has 0 heterocycles. The van der Waals surface area contributed by atoms with Crippen molar-refractivity contribution in [1.82, 2.24) is 0 Å². The molecule has 0 amide bonds. The number of ether oxygens (including phenoxy) is 2. The summed E-state index contributed by atoms with van der Waals surface area (Å²) in [6.07, 6.45) is 0. The average molecular weight is 297 g/mol. The molecule has 1 N–H and O–H groups in total. The third kappa shape index (κ3) is 3.88. The first-order valence-electron chi connectivity index (χ1n) is 6.89. The summed E-state index contributed by atoms with van der Waals surface area (Å²) in [6, 6.07) is 13.1. The maximum absolute atomic E-state index is 11.5. The predicted molar refractivity (Wildman–Crippen MR) is 87.9 cm³/mol. The molecule has 0 radical (unpaired) electrons. The molecule has 0 saturated carbocycles. The van der Waals surface area contributed by atoms with Gasteiger partial charge in [0.15, 0.2) is 0 Å². The molecule has 0 unspecified atom stereocenters. The van der Waals surface area contributed by atoms with E-state index in [1.165, 1.54) is 0 Å². The summed E-state index contributed by atoms with van der Waals surface area (Å²) in [6.45, 7) is 7.13. The van der Waals surface area contributed by atoms with Crippen molar-refractivity contribution in [2.45, 2.75) is 13.8 Å². The maximum Gasteiger partial charge on any atom is 0.338 e. The molecule has 0 aliphatic heterocycles. The molecule has 4 nitrogen and oxygen atoms in total. The quantitative estimate of drug-likeness (QED) is 0.510. The van der Waals surface area contributed by atoms with Gasteiger partial charge >= 0.3 is 5.97 Å². The van der Waals surface area contributed by atoms with Gasteiger partial charge in [0.05, 0.1) is 7.11 Å². The standard InChI is InChI=1S/C18H19NO3/c1-12(2)18(20)22-16-9-10-17(13(3)11-16)19-14-5-7-15(21-4)8-6-14/h5-11,19H,1H2,2-4H3. The van der Waals surface area contributed by atoms with E-state index >= 15 is 0 Å². The first-order valence-corrected chi connectivity index (χ1v) is 6.89. The molecule has 0 atom stereocenters. The van der Waals surface area contributed by atoms with E-state index in [2.05, 4.69) is 11.9 Å². The van der Waals surface area contributed by atoms with Gasteiger partial charge in [-0.3, -0.25) is 0 Å². The Labute approximate surface area is 130 Å². The number of nitrogens with one attached hydrogen (secondary N) is 1. The molecule has 0 fully saturated rings. The Balaban J connectivity index is 2.12. The van der Waals surface area contributed by atoms with Crippen LogP contribution in [0.1, 0.15) is 12.5 Å². The highest BCUT2D eigenvalue weighted by molar-refractivity contribution is 5.88. The van der Waals surface area contributed by atoms with Crippen molar-refractivity contribution in [1.29, 1.82) is 0 Å². The number of hydrogen-bond donors (Lipinski definition) is 1. The summed E-state index contributed by atoms with van der Waals surface area (Å²) in [5, 5.41) is 3.31. The molecule has 2 aromatic rings. The zero-order valence-corrected chi connectivity index (χ0v) is 13.0. The van der Waals surface area contributed by atoms with Gasteiger partial charge in [-0.1, -0.05) is 6.58 Å². The largest absolute Gasteiger partial charge is 0.497 e. The summed E-state index contributed by atoms with van der Waals surface area (Å²) in [7, 11) is 1.64. The van der Waals surface area contributed by atoms with E-state index in [-0.39, 0.29) is 0 Å². The maximum atomic E-state index is 11.5. The Morgan fingerprint density at radius 3 is 2.27 bits per heavy atom. The van der Waals surface area contributed by atoms with E-state index in [1.807, 2.05) is 43.3 Å². The topological polar surface area (TPSA) is 47.6 Å². The minimum atomic E-state index is -0.421. The van der Waals surface area contributed by atoms with Crippen LogP contribution >= 0.6 is 0 Å². The van der Waals surface area contributed by atoms with Crippen LogP contribution in [0.3, 0.4) is 0 Å². The first kappa shape index (κ1) is 15.6. The molecule has 114 valence electrons. The van der Waals surface area contributed by atoms with Crippen molar-refractivity contribution in [3.05, 3.63) is 60.2 Å². The van der Waals surface area contributed by atoms with Crippen molar-refractivity contribution in [2.75, 3.05) is 12.4 Å². The van der Waals surface area contributed by atoms with Crippen molar-refractivity contribution < 1.29 is 14.3 Å². The zero-order valence-electron chi connectivity index (χ0n) is 13.0. The van der Waals surface area contributed by atoms with Crippen molar-refractivity contribution in [3.63, 3.8) is 0 Å². The molecule has 0 spiro atoms. The van der Waals surface area contributed by atoms with Crippen LogP contribution in [-0.4, -0.2) is 13.1 Å². The van der Waals surface area contributed by atoms with Crippen LogP contribution < -0.4 is 14.8 Å². The SMILES string of the molecule is C=C(C)C(=O)Oc1ccc(Nc2ccc(OC)cc2)c(C)c1. The smallest absolute Gasteiger partial charge is 0.338 e. The highest BCUT2D eigenvalue weighted by atomic mass is 16.5. The van der Waals surface area contributed by atoms with Gasteiger partial charge in [-0.05, 0) is 61.9 Å². The third-order valence-corrected chi connectivity index (χ3v) is 3.13. The highest BCUT2D eigenvalue weighted by Crippen LogP contribution is 2.26. The lowest BCUT2D eigenvalue weighted by molar-refractivity contribution is -0.130. The number of carbonyl (C=O) groups is 1. The van der Waals surface area contributed by atoms with E-state index in [0.717, 1.165) is 22.7 Å². The van der Waals surface area contributed by atoms with Gasteiger partial charge in [-0.2, -0.15) is 0 Å². The monoisotopic (exact) mass is 297 g/mol. The fourth-order valence-electron chi connectivity index (χ4n) is 1.86. The highest BCUT2D eigenvalue weighted by Gasteiger charge is 2.07. The Kier molecular flexibility index (Phi) is 4.84. The molecule has 2 aromatic carbocycles. The second kappa shape index (κ2) is 6.80. The molecule has 0 aliphatic rings. The molecule has 0 aliphatic carbocycles. The average Bonchev–Trinajstić information content (AvgIpc) is 2.50. The fourth-order valence-corrected chi connectivity index (χ4v) is 1.86. The second-order valence-electron chi connectivity index (χ2n) is 5.00. The Morgan fingerprint density at radius 2 is 1.73 bits per heavy atom. The summed E-state index contributed by atoms with van der Waals surface area (Å²) < 4.78 is 10.3. The number of rotatable bonds is 5. The molecule has 22 heavy (non-hydrogen) atoms. The van der Waals surface area contributed by atoms with E-state index in [0.29, 0.717) is 11.3 Å². The number of carbonyl (C=O) groups excluding carboxylic acids is 1. The molecule has 4 heteroatoms. The number of methoxy groups -OCH3 is 1. The van der Waals surface area contributed by atoms with Crippen LogP contribution in [0.5, 0.6) is 11.5 Å². The fraction of sp³-hybridized carbons (Fsp3) is 0.167. The van der Waals surface area contributed by atoms with Crippen molar-refractivity contribution in [3.8, 4) is 11.5 Å². The van der Waals surface area contributed by atoms with Crippen LogP contribution in [0.25, 0.3) is 0 Å². The Bertz CT molecular complexity index is 690. The van der Waals surface area contributed by atoms with Gasteiger partial charge < -0.3 is 14.8 Å². The first-order chi connectivity index (χ1) is 10.5. The minimum absolute atomic E-state index is 0.373. The summed E-state index contributed by atoms with van der Waals surface area (Å²) >= 11 is 0. The van der Waals surface area contributed by atoms with Crippen LogP contribution in [0.4, 0.5) is 11.4 Å². The molecule has 2 rings (SSSR count). The van der Waals surface area contributed by atoms with Crippen LogP contribution in [0, 0.1) is 6.92 Å². The molecular weight excluding hydrogens is 278 g/mol. The predicted octanol–water partition coefficient (Wildman–Crippen LogP) is 4.23.